The first-order valence-corrected chi connectivity index (χ1v) is 11.8. The number of carbonyl (C=O) groups excluding carboxylic acids is 2. The third-order valence-corrected chi connectivity index (χ3v) is 5.60. The van der Waals surface area contributed by atoms with Crippen molar-refractivity contribution in [2.45, 2.75) is 71.5 Å². The summed E-state index contributed by atoms with van der Waals surface area (Å²) in [7, 11) is 0. The number of benzene rings is 1. The summed E-state index contributed by atoms with van der Waals surface area (Å²) in [6.45, 7) is 7.97. The van der Waals surface area contributed by atoms with Crippen LogP contribution in [0.1, 0.15) is 67.0 Å². The smallest absolute Gasteiger partial charge is 0.447 e. The van der Waals surface area contributed by atoms with E-state index in [2.05, 4.69) is 20.3 Å². The summed E-state index contributed by atoms with van der Waals surface area (Å²) >= 11 is 0. The average molecular weight is 529 g/mol. The van der Waals surface area contributed by atoms with Gasteiger partial charge in [0.05, 0.1) is 6.61 Å². The Hall–Kier alpha value is -3.35. The highest BCUT2D eigenvalue weighted by atomic mass is 19.4. The van der Waals surface area contributed by atoms with Crippen LogP contribution in [0.25, 0.3) is 0 Å². The van der Waals surface area contributed by atoms with Crippen LogP contribution in [0.4, 0.5) is 18.0 Å². The molecule has 1 aliphatic heterocycles. The molecule has 0 saturated carbocycles. The maximum Gasteiger partial charge on any atom is 0.522 e. The molecule has 1 aromatic heterocycles. The average Bonchev–Trinajstić information content (AvgIpc) is 3.25. The molecule has 37 heavy (non-hydrogen) atoms. The standard InChI is InChI=1S/C24H31F3N4O6/c1-14-6-7-16(12-15(14)2)19(32)28-17-8-9-18(31(13-17)22(33)37-23(3,4)5)20-29-30-21(36-20)34-10-11-35-24(25,26)27/h6-7,12,17-18H,8-11,13H2,1-5H3,(H,28,32)/t17-,18+/m0/s1. The fourth-order valence-corrected chi connectivity index (χ4v) is 3.72. The minimum atomic E-state index is -4.77. The summed E-state index contributed by atoms with van der Waals surface area (Å²) in [5.41, 5.74) is 1.80. The van der Waals surface area contributed by atoms with E-state index in [4.69, 9.17) is 13.9 Å². The lowest BCUT2D eigenvalue weighted by atomic mass is 9.97. The number of nitrogens with one attached hydrogen (secondary N) is 1. The highest BCUT2D eigenvalue weighted by molar-refractivity contribution is 5.94. The van der Waals surface area contributed by atoms with E-state index in [0.29, 0.717) is 18.4 Å². The number of aryl methyl sites for hydroxylation is 2. The molecule has 10 nitrogen and oxygen atoms in total. The van der Waals surface area contributed by atoms with Gasteiger partial charge in [0.15, 0.2) is 0 Å². The molecular formula is C24H31F3N4O6. The fourth-order valence-electron chi connectivity index (χ4n) is 3.72. The van der Waals surface area contributed by atoms with Crippen molar-refractivity contribution >= 4 is 12.0 Å². The highest BCUT2D eigenvalue weighted by Crippen LogP contribution is 2.33. The number of piperidine rings is 1. The van der Waals surface area contributed by atoms with Crippen LogP contribution in [-0.2, 0) is 9.47 Å². The molecule has 2 atom stereocenters. The molecule has 204 valence electrons. The summed E-state index contributed by atoms with van der Waals surface area (Å²) in [6.07, 6.45) is -4.91. The Morgan fingerprint density at radius 2 is 1.84 bits per heavy atom. The van der Waals surface area contributed by atoms with E-state index in [-0.39, 0.29) is 30.5 Å². The van der Waals surface area contributed by atoms with Gasteiger partial charge in [0.1, 0.15) is 18.2 Å². The molecule has 2 aromatic rings. The third kappa shape index (κ3) is 8.34. The second-order valence-corrected chi connectivity index (χ2v) is 9.74. The topological polar surface area (TPSA) is 116 Å². The normalized spacial score (nSPS) is 18.4. The molecule has 1 fully saturated rings. The van der Waals surface area contributed by atoms with Gasteiger partial charge in [-0.15, -0.1) is 18.3 Å². The van der Waals surface area contributed by atoms with Crippen LogP contribution in [0.3, 0.4) is 0 Å². The van der Waals surface area contributed by atoms with Gasteiger partial charge >= 0.3 is 18.5 Å². The Morgan fingerprint density at radius 3 is 2.49 bits per heavy atom. The van der Waals surface area contributed by atoms with Crippen LogP contribution in [-0.4, -0.2) is 64.9 Å². The second-order valence-electron chi connectivity index (χ2n) is 9.74. The summed E-state index contributed by atoms with van der Waals surface area (Å²) in [5, 5.41) is 10.6. The van der Waals surface area contributed by atoms with Crippen LogP contribution in [0.2, 0.25) is 0 Å². The number of alkyl halides is 3. The molecule has 1 saturated heterocycles. The lowest BCUT2D eigenvalue weighted by Gasteiger charge is -2.38. The molecule has 3 rings (SSSR count). The lowest BCUT2D eigenvalue weighted by Crippen LogP contribution is -2.52. The predicted octanol–water partition coefficient (Wildman–Crippen LogP) is 4.47. The SMILES string of the molecule is Cc1ccc(C(=O)N[C@H]2CC[C@H](c3nnc(OCCOC(F)(F)F)o3)N(C(=O)OC(C)(C)C)C2)cc1C. The Balaban J connectivity index is 1.69. The number of amides is 2. The predicted molar refractivity (Wildman–Crippen MR) is 124 cm³/mol. The molecule has 13 heteroatoms. The van der Waals surface area contributed by atoms with Crippen molar-refractivity contribution in [1.82, 2.24) is 20.4 Å². The molecule has 1 aliphatic rings. The number of rotatable bonds is 7. The van der Waals surface area contributed by atoms with Crippen LogP contribution < -0.4 is 10.1 Å². The lowest BCUT2D eigenvalue weighted by molar-refractivity contribution is -0.325. The Morgan fingerprint density at radius 1 is 1.11 bits per heavy atom. The summed E-state index contributed by atoms with van der Waals surface area (Å²) < 4.78 is 56.0. The monoisotopic (exact) mass is 528 g/mol. The van der Waals surface area contributed by atoms with Crippen LogP contribution in [0.15, 0.2) is 22.6 Å². The van der Waals surface area contributed by atoms with Crippen molar-refractivity contribution in [1.29, 1.82) is 0 Å². The molecule has 2 heterocycles. The zero-order valence-corrected chi connectivity index (χ0v) is 21.3. The van der Waals surface area contributed by atoms with E-state index in [1.807, 2.05) is 26.0 Å². The molecule has 0 spiro atoms. The largest absolute Gasteiger partial charge is 0.522 e. The van der Waals surface area contributed by atoms with Crippen LogP contribution in [0.5, 0.6) is 6.08 Å². The minimum Gasteiger partial charge on any atom is -0.447 e. The number of aromatic nitrogens is 2. The van der Waals surface area contributed by atoms with Gasteiger partial charge in [-0.3, -0.25) is 14.4 Å². The van der Waals surface area contributed by atoms with Gasteiger partial charge in [0.25, 0.3) is 5.91 Å². The first kappa shape index (κ1) is 28.2. The molecule has 2 amide bonds. The Bertz CT molecular complexity index is 1100. The van der Waals surface area contributed by atoms with Crippen molar-refractivity contribution in [3.05, 3.63) is 40.8 Å². The maximum absolute atomic E-state index is 13.0. The maximum atomic E-state index is 13.0. The minimum absolute atomic E-state index is 0.0385. The van der Waals surface area contributed by atoms with E-state index in [9.17, 15) is 22.8 Å². The zero-order valence-electron chi connectivity index (χ0n) is 21.3. The number of carbonyl (C=O) groups is 2. The highest BCUT2D eigenvalue weighted by Gasteiger charge is 2.39. The number of halogens is 3. The van der Waals surface area contributed by atoms with E-state index in [0.717, 1.165) is 11.1 Å². The molecule has 0 radical (unpaired) electrons. The number of nitrogens with zero attached hydrogens (tertiary/aromatic N) is 3. The Kier molecular flexibility index (Phi) is 8.67. The van der Waals surface area contributed by atoms with Gasteiger partial charge < -0.3 is 19.2 Å². The number of likely N-dealkylation sites (tertiary alicyclic amines) is 1. The van der Waals surface area contributed by atoms with Gasteiger partial charge in [-0.25, -0.2) is 4.79 Å². The van der Waals surface area contributed by atoms with Crippen molar-refractivity contribution in [3.63, 3.8) is 0 Å². The summed E-state index contributed by atoms with van der Waals surface area (Å²) in [5.74, 6) is -0.221. The fraction of sp³-hybridized carbons (Fsp3) is 0.583. The number of hydrogen-bond acceptors (Lipinski definition) is 8. The van der Waals surface area contributed by atoms with E-state index < -0.39 is 37.3 Å². The Labute approximate surface area is 212 Å². The van der Waals surface area contributed by atoms with Crippen molar-refractivity contribution in [3.8, 4) is 6.08 Å². The van der Waals surface area contributed by atoms with Gasteiger partial charge in [0.2, 0.25) is 5.89 Å². The third-order valence-electron chi connectivity index (χ3n) is 5.60. The van der Waals surface area contributed by atoms with Crippen LogP contribution >= 0.6 is 0 Å². The molecular weight excluding hydrogens is 497 g/mol. The molecule has 0 bridgehead atoms. The molecule has 1 aromatic carbocycles. The first-order chi connectivity index (χ1) is 17.2. The number of hydrogen-bond donors (Lipinski definition) is 1. The van der Waals surface area contributed by atoms with Crippen molar-refractivity contribution in [2.75, 3.05) is 19.8 Å². The number of ether oxygens (including phenoxy) is 3. The second kappa shape index (κ2) is 11.4. The van der Waals surface area contributed by atoms with E-state index in [1.54, 1.807) is 26.8 Å². The zero-order chi connectivity index (χ0) is 27.4. The summed E-state index contributed by atoms with van der Waals surface area (Å²) in [4.78, 5) is 27.3. The summed E-state index contributed by atoms with van der Waals surface area (Å²) in [6, 6.07) is 4.38. The molecule has 0 unspecified atom stereocenters. The van der Waals surface area contributed by atoms with E-state index in [1.165, 1.54) is 4.90 Å². The van der Waals surface area contributed by atoms with Gasteiger partial charge in [-0.05, 0) is 70.7 Å². The molecule has 0 aliphatic carbocycles. The van der Waals surface area contributed by atoms with E-state index >= 15 is 0 Å². The van der Waals surface area contributed by atoms with Gasteiger partial charge in [-0.1, -0.05) is 11.2 Å². The quantitative estimate of drug-likeness (QED) is 0.524. The van der Waals surface area contributed by atoms with Crippen LogP contribution in [0, 0.1) is 13.8 Å². The first-order valence-electron chi connectivity index (χ1n) is 11.8. The van der Waals surface area contributed by atoms with Crippen molar-refractivity contribution in [2.24, 2.45) is 0 Å². The molecule has 1 N–H and O–H groups in total. The van der Waals surface area contributed by atoms with Crippen molar-refractivity contribution < 1.29 is 41.4 Å². The van der Waals surface area contributed by atoms with Gasteiger partial charge in [0, 0.05) is 18.2 Å². The van der Waals surface area contributed by atoms with Gasteiger partial charge in [-0.2, -0.15) is 0 Å².